The highest BCUT2D eigenvalue weighted by Gasteiger charge is 2.46. The normalized spacial score (nSPS) is 32.4. The minimum atomic E-state index is -1.29. The average molecular weight is 307 g/mol. The fourth-order valence-corrected chi connectivity index (χ4v) is 4.09. The zero-order valence-electron chi connectivity index (χ0n) is 11.5. The Morgan fingerprint density at radius 2 is 2.52 bits per heavy atom. The third kappa shape index (κ3) is 2.30. The van der Waals surface area contributed by atoms with E-state index in [2.05, 4.69) is 10.3 Å². The predicted molar refractivity (Wildman–Crippen MR) is 79.3 cm³/mol. The summed E-state index contributed by atoms with van der Waals surface area (Å²) in [5.41, 5.74) is 0.589. The maximum atomic E-state index is 12.4. The van der Waals surface area contributed by atoms with E-state index in [4.69, 9.17) is 4.74 Å². The molecule has 2 aliphatic rings. The van der Waals surface area contributed by atoms with Crippen molar-refractivity contribution in [2.75, 3.05) is 6.54 Å². The van der Waals surface area contributed by atoms with Crippen molar-refractivity contribution in [3.05, 3.63) is 28.1 Å². The number of hydrogen-bond acceptors (Lipinski definition) is 6. The van der Waals surface area contributed by atoms with E-state index in [1.165, 1.54) is 22.2 Å². The maximum Gasteiger partial charge on any atom is 0.271 e. The fraction of sp³-hybridized carbons (Fsp3) is 0.571. The fourth-order valence-electron chi connectivity index (χ4n) is 3.30. The first-order valence-corrected chi connectivity index (χ1v) is 8.09. The number of nitrogens with one attached hydrogen (secondary N) is 1. The van der Waals surface area contributed by atoms with Gasteiger partial charge in [-0.1, -0.05) is 0 Å². The highest BCUT2D eigenvalue weighted by molar-refractivity contribution is 7.17. The average Bonchev–Trinajstić information content (AvgIpc) is 3.05. The minimum Gasteiger partial charge on any atom is -0.364 e. The van der Waals surface area contributed by atoms with Crippen LogP contribution in [-0.4, -0.2) is 39.1 Å². The van der Waals surface area contributed by atoms with E-state index in [0.717, 1.165) is 19.4 Å². The maximum absolute atomic E-state index is 12.4. The van der Waals surface area contributed by atoms with Gasteiger partial charge in [-0.15, -0.1) is 11.3 Å². The van der Waals surface area contributed by atoms with Crippen molar-refractivity contribution in [1.29, 1.82) is 0 Å². The van der Waals surface area contributed by atoms with Crippen molar-refractivity contribution >= 4 is 21.6 Å². The first kappa shape index (κ1) is 13.4. The quantitative estimate of drug-likeness (QED) is 0.853. The SMILES string of the molecule is O=c1c2sccc2ncn1CC1(O)C[C@@H]2NCCC[C@@H]2O1. The molecule has 2 N–H and O–H groups in total. The highest BCUT2D eigenvalue weighted by atomic mass is 32.1. The van der Waals surface area contributed by atoms with Gasteiger partial charge in [0.2, 0.25) is 0 Å². The molecule has 0 aliphatic carbocycles. The summed E-state index contributed by atoms with van der Waals surface area (Å²) >= 11 is 1.37. The Kier molecular flexibility index (Phi) is 3.11. The van der Waals surface area contributed by atoms with Gasteiger partial charge in [-0.05, 0) is 30.8 Å². The van der Waals surface area contributed by atoms with Crippen LogP contribution in [0.5, 0.6) is 0 Å². The lowest BCUT2D eigenvalue weighted by atomic mass is 9.99. The first-order chi connectivity index (χ1) is 10.1. The molecule has 0 aromatic carbocycles. The monoisotopic (exact) mass is 307 g/mol. The van der Waals surface area contributed by atoms with Gasteiger partial charge in [-0.25, -0.2) is 4.98 Å². The van der Waals surface area contributed by atoms with Crippen LogP contribution in [0.1, 0.15) is 19.3 Å². The largest absolute Gasteiger partial charge is 0.364 e. The van der Waals surface area contributed by atoms with E-state index < -0.39 is 5.79 Å². The van der Waals surface area contributed by atoms with Crippen molar-refractivity contribution in [2.24, 2.45) is 0 Å². The number of hydrogen-bond donors (Lipinski definition) is 2. The molecule has 0 bridgehead atoms. The van der Waals surface area contributed by atoms with Crippen molar-refractivity contribution in [1.82, 2.24) is 14.9 Å². The second-order valence-electron chi connectivity index (χ2n) is 5.82. The predicted octanol–water partition coefficient (Wildman–Crippen LogP) is 0.687. The Morgan fingerprint density at radius 1 is 1.62 bits per heavy atom. The zero-order valence-corrected chi connectivity index (χ0v) is 12.3. The summed E-state index contributed by atoms with van der Waals surface area (Å²) in [5.74, 6) is -1.29. The van der Waals surface area contributed by atoms with Crippen molar-refractivity contribution in [3.63, 3.8) is 0 Å². The number of piperidine rings is 1. The molecule has 1 unspecified atom stereocenters. The van der Waals surface area contributed by atoms with Gasteiger partial charge in [-0.3, -0.25) is 9.36 Å². The Bertz CT molecular complexity index is 712. The molecule has 2 aromatic rings. The smallest absolute Gasteiger partial charge is 0.271 e. The Hall–Kier alpha value is -1.28. The van der Waals surface area contributed by atoms with E-state index in [1.54, 1.807) is 0 Å². The Morgan fingerprint density at radius 3 is 3.38 bits per heavy atom. The van der Waals surface area contributed by atoms with Gasteiger partial charge in [-0.2, -0.15) is 0 Å². The second-order valence-corrected chi connectivity index (χ2v) is 6.74. The third-order valence-corrected chi connectivity index (χ3v) is 5.18. The molecule has 4 rings (SSSR count). The summed E-state index contributed by atoms with van der Waals surface area (Å²) in [5, 5.41) is 15.9. The molecule has 2 aromatic heterocycles. The molecule has 0 spiro atoms. The Balaban J connectivity index is 1.62. The number of rotatable bonds is 2. The molecule has 0 amide bonds. The summed E-state index contributed by atoms with van der Waals surface area (Å²) in [7, 11) is 0. The molecule has 6 nitrogen and oxygen atoms in total. The number of ether oxygens (including phenoxy) is 1. The van der Waals surface area contributed by atoms with Crippen LogP contribution < -0.4 is 10.9 Å². The van der Waals surface area contributed by atoms with Crippen LogP contribution in [0.3, 0.4) is 0 Å². The summed E-state index contributed by atoms with van der Waals surface area (Å²) in [6.45, 7) is 1.09. The van der Waals surface area contributed by atoms with Gasteiger partial charge >= 0.3 is 0 Å². The molecule has 2 fully saturated rings. The number of aromatic nitrogens is 2. The van der Waals surface area contributed by atoms with E-state index in [0.29, 0.717) is 16.6 Å². The molecule has 21 heavy (non-hydrogen) atoms. The molecular formula is C14H17N3O3S. The van der Waals surface area contributed by atoms with E-state index in [9.17, 15) is 9.90 Å². The van der Waals surface area contributed by atoms with E-state index in [1.807, 2.05) is 11.4 Å². The lowest BCUT2D eigenvalue weighted by Crippen LogP contribution is -2.41. The first-order valence-electron chi connectivity index (χ1n) is 7.21. The highest BCUT2D eigenvalue weighted by Crippen LogP contribution is 2.33. The van der Waals surface area contributed by atoms with Gasteiger partial charge in [0, 0.05) is 12.5 Å². The van der Waals surface area contributed by atoms with Crippen LogP contribution in [0, 0.1) is 0 Å². The molecule has 0 saturated carbocycles. The second kappa shape index (κ2) is 4.88. The van der Waals surface area contributed by atoms with Crippen molar-refractivity contribution in [2.45, 2.75) is 43.7 Å². The summed E-state index contributed by atoms with van der Waals surface area (Å²) in [6, 6.07) is 2.00. The lowest BCUT2D eigenvalue weighted by Gasteiger charge is -2.25. The zero-order chi connectivity index (χ0) is 14.4. The minimum absolute atomic E-state index is 0.0397. The van der Waals surface area contributed by atoms with Crippen LogP contribution >= 0.6 is 11.3 Å². The van der Waals surface area contributed by atoms with Crippen molar-refractivity contribution < 1.29 is 9.84 Å². The van der Waals surface area contributed by atoms with Gasteiger partial charge in [0.25, 0.3) is 5.56 Å². The van der Waals surface area contributed by atoms with Crippen LogP contribution in [0.4, 0.5) is 0 Å². The Labute approximate surface area is 125 Å². The number of thiophene rings is 1. The number of aliphatic hydroxyl groups is 1. The standard InChI is InChI=1S/C14H17N3O3S/c18-13-12-9(3-5-21-12)16-8-17(13)7-14(19)6-10-11(20-14)2-1-4-15-10/h3,5,8,10-11,15,19H,1-2,4,6-7H2/t10-,11-,14?/m0/s1. The molecule has 2 saturated heterocycles. The summed E-state index contributed by atoms with van der Waals surface area (Å²) in [4.78, 5) is 16.6. The number of nitrogens with zero attached hydrogens (tertiary/aromatic N) is 2. The van der Waals surface area contributed by atoms with Gasteiger partial charge in [0.05, 0.1) is 24.5 Å². The van der Waals surface area contributed by atoms with Crippen LogP contribution in [0.15, 0.2) is 22.6 Å². The molecule has 3 atom stereocenters. The van der Waals surface area contributed by atoms with Gasteiger partial charge in [0.15, 0.2) is 5.79 Å². The van der Waals surface area contributed by atoms with Crippen LogP contribution in [0.25, 0.3) is 10.2 Å². The van der Waals surface area contributed by atoms with E-state index in [-0.39, 0.29) is 24.2 Å². The van der Waals surface area contributed by atoms with Crippen molar-refractivity contribution in [3.8, 4) is 0 Å². The van der Waals surface area contributed by atoms with Gasteiger partial charge < -0.3 is 15.2 Å². The van der Waals surface area contributed by atoms with E-state index >= 15 is 0 Å². The van der Waals surface area contributed by atoms with Gasteiger partial charge in [0.1, 0.15) is 4.70 Å². The third-order valence-electron chi connectivity index (χ3n) is 4.28. The van der Waals surface area contributed by atoms with Crippen LogP contribution in [-0.2, 0) is 11.3 Å². The molecule has 0 radical (unpaired) electrons. The molecule has 2 aliphatic heterocycles. The number of fused-ring (bicyclic) bond motifs is 2. The topological polar surface area (TPSA) is 76.4 Å². The molecule has 7 heteroatoms. The molecule has 4 heterocycles. The molecular weight excluding hydrogens is 290 g/mol. The van der Waals surface area contributed by atoms with Crippen LogP contribution in [0.2, 0.25) is 0 Å². The summed E-state index contributed by atoms with van der Waals surface area (Å²) in [6.07, 6.45) is 4.05. The summed E-state index contributed by atoms with van der Waals surface area (Å²) < 4.78 is 7.89. The molecule has 112 valence electrons. The lowest BCUT2D eigenvalue weighted by molar-refractivity contribution is -0.202.